The molecule has 2 aromatic rings. The molecule has 0 radical (unpaired) electrons. The predicted molar refractivity (Wildman–Crippen MR) is 80.2 cm³/mol. The van der Waals surface area contributed by atoms with E-state index in [1.54, 1.807) is 12.1 Å². The van der Waals surface area contributed by atoms with E-state index in [4.69, 9.17) is 4.74 Å². The van der Waals surface area contributed by atoms with Crippen LogP contribution in [0.4, 0.5) is 0 Å². The number of rotatable bonds is 5. The van der Waals surface area contributed by atoms with Crippen LogP contribution < -0.4 is 10.1 Å². The summed E-state index contributed by atoms with van der Waals surface area (Å²) in [4.78, 5) is 11.8. The second-order valence-electron chi connectivity index (χ2n) is 4.69. The number of ether oxygens (including phenoxy) is 1. The molecule has 0 heterocycles. The van der Waals surface area contributed by atoms with Gasteiger partial charge in [-0.15, -0.1) is 0 Å². The number of benzene rings is 2. The van der Waals surface area contributed by atoms with Gasteiger partial charge in [0.2, 0.25) is 0 Å². The summed E-state index contributed by atoms with van der Waals surface area (Å²) in [6.45, 7) is 4.99. The summed E-state index contributed by atoms with van der Waals surface area (Å²) >= 11 is 0. The number of hydrogen-bond donors (Lipinski definition) is 1. The van der Waals surface area contributed by atoms with Crippen LogP contribution in [0.15, 0.2) is 48.5 Å². The van der Waals surface area contributed by atoms with E-state index in [1.165, 1.54) is 0 Å². The van der Waals surface area contributed by atoms with Crippen molar-refractivity contribution in [3.63, 3.8) is 0 Å². The zero-order chi connectivity index (χ0) is 14.4. The van der Waals surface area contributed by atoms with Crippen LogP contribution in [-0.2, 0) is 0 Å². The van der Waals surface area contributed by atoms with Gasteiger partial charge in [0.1, 0.15) is 12.4 Å². The number of carbonyl (C=O) groups excluding carboxylic acids is 1. The smallest absolute Gasteiger partial charge is 0.251 e. The molecular weight excluding hydrogens is 250 g/mol. The largest absolute Gasteiger partial charge is 0.491 e. The molecule has 104 valence electrons. The number of para-hydroxylation sites is 1. The van der Waals surface area contributed by atoms with Gasteiger partial charge in [0.25, 0.3) is 5.91 Å². The maximum absolute atomic E-state index is 11.8. The SMILES string of the molecule is Cc1cccc(C)c1OCCNC(=O)c1ccccc1. The van der Waals surface area contributed by atoms with Crippen molar-refractivity contribution in [3.05, 3.63) is 65.2 Å². The summed E-state index contributed by atoms with van der Waals surface area (Å²) in [6, 6.07) is 15.2. The van der Waals surface area contributed by atoms with Crippen LogP contribution in [-0.4, -0.2) is 19.1 Å². The highest BCUT2D eigenvalue weighted by Crippen LogP contribution is 2.21. The zero-order valence-corrected chi connectivity index (χ0v) is 11.8. The Balaban J connectivity index is 1.81. The Morgan fingerprint density at radius 2 is 1.65 bits per heavy atom. The summed E-state index contributed by atoms with van der Waals surface area (Å²) in [7, 11) is 0. The highest BCUT2D eigenvalue weighted by atomic mass is 16.5. The third-order valence-electron chi connectivity index (χ3n) is 3.08. The third kappa shape index (κ3) is 3.60. The second kappa shape index (κ2) is 6.75. The number of carbonyl (C=O) groups is 1. The lowest BCUT2D eigenvalue weighted by molar-refractivity contribution is 0.0947. The average molecular weight is 269 g/mol. The quantitative estimate of drug-likeness (QED) is 0.847. The lowest BCUT2D eigenvalue weighted by Gasteiger charge is -2.12. The summed E-state index contributed by atoms with van der Waals surface area (Å²) < 4.78 is 5.74. The van der Waals surface area contributed by atoms with E-state index in [-0.39, 0.29) is 5.91 Å². The zero-order valence-electron chi connectivity index (χ0n) is 11.8. The Kier molecular flexibility index (Phi) is 4.77. The van der Waals surface area contributed by atoms with E-state index < -0.39 is 0 Å². The Labute approximate surface area is 119 Å². The molecule has 3 heteroatoms. The molecule has 0 saturated carbocycles. The molecule has 0 unspecified atom stereocenters. The fraction of sp³-hybridized carbons (Fsp3) is 0.235. The van der Waals surface area contributed by atoms with E-state index in [9.17, 15) is 4.79 Å². The molecule has 1 amide bonds. The standard InChI is InChI=1S/C17H19NO2/c1-13-7-6-8-14(2)16(13)20-12-11-18-17(19)15-9-4-3-5-10-15/h3-10H,11-12H2,1-2H3,(H,18,19). The van der Waals surface area contributed by atoms with E-state index in [0.717, 1.165) is 16.9 Å². The molecule has 0 bridgehead atoms. The van der Waals surface area contributed by atoms with Crippen LogP contribution >= 0.6 is 0 Å². The molecule has 0 atom stereocenters. The number of nitrogens with one attached hydrogen (secondary N) is 1. The maximum atomic E-state index is 11.8. The van der Waals surface area contributed by atoms with Crippen molar-refractivity contribution in [1.82, 2.24) is 5.32 Å². The van der Waals surface area contributed by atoms with Crippen molar-refractivity contribution in [3.8, 4) is 5.75 Å². The van der Waals surface area contributed by atoms with Gasteiger partial charge in [-0.3, -0.25) is 4.79 Å². The van der Waals surface area contributed by atoms with Gasteiger partial charge >= 0.3 is 0 Å². The molecule has 0 aliphatic carbocycles. The highest BCUT2D eigenvalue weighted by Gasteiger charge is 2.05. The number of aryl methyl sites for hydroxylation is 2. The van der Waals surface area contributed by atoms with Crippen LogP contribution in [0.1, 0.15) is 21.5 Å². The molecule has 0 spiro atoms. The second-order valence-corrected chi connectivity index (χ2v) is 4.69. The molecule has 1 N–H and O–H groups in total. The van der Waals surface area contributed by atoms with Gasteiger partial charge < -0.3 is 10.1 Å². The van der Waals surface area contributed by atoms with Crippen molar-refractivity contribution in [1.29, 1.82) is 0 Å². The first-order valence-electron chi connectivity index (χ1n) is 6.71. The van der Waals surface area contributed by atoms with Crippen LogP contribution in [0.5, 0.6) is 5.75 Å². The molecule has 0 saturated heterocycles. The molecular formula is C17H19NO2. The van der Waals surface area contributed by atoms with Gasteiger partial charge in [-0.25, -0.2) is 0 Å². The van der Waals surface area contributed by atoms with Gasteiger partial charge in [0.15, 0.2) is 0 Å². The van der Waals surface area contributed by atoms with E-state index >= 15 is 0 Å². The summed E-state index contributed by atoms with van der Waals surface area (Å²) in [5.74, 6) is 0.831. The fourth-order valence-corrected chi connectivity index (χ4v) is 2.04. The van der Waals surface area contributed by atoms with E-state index in [1.807, 2.05) is 50.2 Å². The lowest BCUT2D eigenvalue weighted by atomic mass is 10.1. The number of hydrogen-bond acceptors (Lipinski definition) is 2. The molecule has 3 nitrogen and oxygen atoms in total. The maximum Gasteiger partial charge on any atom is 0.251 e. The molecule has 0 aliphatic rings. The molecule has 2 aromatic carbocycles. The molecule has 0 aromatic heterocycles. The average Bonchev–Trinajstić information content (AvgIpc) is 2.46. The van der Waals surface area contributed by atoms with Crippen LogP contribution in [0, 0.1) is 13.8 Å². The Hall–Kier alpha value is -2.29. The minimum atomic E-state index is -0.0734. The fourth-order valence-electron chi connectivity index (χ4n) is 2.04. The summed E-state index contributed by atoms with van der Waals surface area (Å²) in [6.07, 6.45) is 0. The van der Waals surface area contributed by atoms with Gasteiger partial charge in [-0.05, 0) is 37.1 Å². The first-order chi connectivity index (χ1) is 9.68. The van der Waals surface area contributed by atoms with Crippen molar-refractivity contribution in [2.75, 3.05) is 13.2 Å². The first-order valence-corrected chi connectivity index (χ1v) is 6.71. The number of amides is 1. The summed E-state index contributed by atoms with van der Waals surface area (Å²) in [5, 5.41) is 2.84. The normalized spacial score (nSPS) is 10.1. The van der Waals surface area contributed by atoms with Crippen molar-refractivity contribution in [2.24, 2.45) is 0 Å². The summed E-state index contributed by atoms with van der Waals surface area (Å²) in [5.41, 5.74) is 2.89. The minimum Gasteiger partial charge on any atom is -0.491 e. The van der Waals surface area contributed by atoms with Crippen LogP contribution in [0.2, 0.25) is 0 Å². The molecule has 2 rings (SSSR count). The van der Waals surface area contributed by atoms with Gasteiger partial charge in [0.05, 0.1) is 6.54 Å². The van der Waals surface area contributed by atoms with Gasteiger partial charge in [-0.1, -0.05) is 36.4 Å². The van der Waals surface area contributed by atoms with Gasteiger partial charge in [-0.2, -0.15) is 0 Å². The monoisotopic (exact) mass is 269 g/mol. The van der Waals surface area contributed by atoms with E-state index in [2.05, 4.69) is 5.32 Å². The van der Waals surface area contributed by atoms with Crippen molar-refractivity contribution < 1.29 is 9.53 Å². The lowest BCUT2D eigenvalue weighted by Crippen LogP contribution is -2.28. The highest BCUT2D eigenvalue weighted by molar-refractivity contribution is 5.94. The molecule has 0 fully saturated rings. The van der Waals surface area contributed by atoms with Crippen LogP contribution in [0.25, 0.3) is 0 Å². The van der Waals surface area contributed by atoms with E-state index in [0.29, 0.717) is 18.7 Å². The Bertz CT molecular complexity index is 559. The Morgan fingerprint density at radius 3 is 2.30 bits per heavy atom. The van der Waals surface area contributed by atoms with Crippen molar-refractivity contribution >= 4 is 5.91 Å². The Morgan fingerprint density at radius 1 is 1.00 bits per heavy atom. The third-order valence-corrected chi connectivity index (χ3v) is 3.08. The van der Waals surface area contributed by atoms with Crippen LogP contribution in [0.3, 0.4) is 0 Å². The van der Waals surface area contributed by atoms with Crippen molar-refractivity contribution in [2.45, 2.75) is 13.8 Å². The first kappa shape index (κ1) is 14.1. The topological polar surface area (TPSA) is 38.3 Å². The predicted octanol–water partition coefficient (Wildman–Crippen LogP) is 3.11. The molecule has 0 aliphatic heterocycles. The minimum absolute atomic E-state index is 0.0734. The molecule has 20 heavy (non-hydrogen) atoms. The van der Waals surface area contributed by atoms with Gasteiger partial charge in [0, 0.05) is 5.56 Å².